The molecule has 0 N–H and O–H groups in total. The molecule has 8 aromatic rings. The zero-order valence-electron chi connectivity index (χ0n) is 26.0. The molecule has 0 saturated carbocycles. The first kappa shape index (κ1) is 28.3. The number of anilines is 3. The standard InChI is InChI=1S/C46H33N/c1-4-12-34(13-5-1)36-20-27-41(28-21-36)47(42-29-22-37(23-30-42)35-14-6-2-7-15-35)43-31-24-39(25-32-43)45-33-26-38-16-10-11-19-44(38)46(45)40-17-8-3-9-18-40/h1-33H. The Labute approximate surface area is 276 Å². The van der Waals surface area contributed by atoms with Crippen LogP contribution in [0.25, 0.3) is 55.3 Å². The summed E-state index contributed by atoms with van der Waals surface area (Å²) in [5.41, 5.74) is 13.1. The Morgan fingerprint density at radius 3 is 1.13 bits per heavy atom. The number of benzene rings is 8. The van der Waals surface area contributed by atoms with Crippen molar-refractivity contribution in [2.45, 2.75) is 0 Å². The summed E-state index contributed by atoms with van der Waals surface area (Å²) in [5, 5.41) is 2.51. The zero-order chi connectivity index (χ0) is 31.4. The van der Waals surface area contributed by atoms with Crippen molar-refractivity contribution in [1.82, 2.24) is 0 Å². The van der Waals surface area contributed by atoms with Gasteiger partial charge in [0, 0.05) is 17.1 Å². The number of hydrogen-bond acceptors (Lipinski definition) is 1. The number of rotatable bonds is 7. The molecule has 1 nitrogen and oxygen atoms in total. The van der Waals surface area contributed by atoms with Crippen molar-refractivity contribution in [3.63, 3.8) is 0 Å². The Kier molecular flexibility index (Phi) is 7.63. The van der Waals surface area contributed by atoms with Crippen LogP contribution in [-0.4, -0.2) is 0 Å². The van der Waals surface area contributed by atoms with Crippen LogP contribution in [0.2, 0.25) is 0 Å². The molecule has 0 heterocycles. The molecule has 0 aliphatic rings. The molecule has 222 valence electrons. The van der Waals surface area contributed by atoms with E-state index in [0.717, 1.165) is 17.1 Å². The highest BCUT2D eigenvalue weighted by molar-refractivity contribution is 6.04. The first-order valence-electron chi connectivity index (χ1n) is 16.1. The lowest BCUT2D eigenvalue weighted by molar-refractivity contribution is 1.28. The third-order valence-corrected chi connectivity index (χ3v) is 8.89. The van der Waals surface area contributed by atoms with Gasteiger partial charge in [0.25, 0.3) is 0 Å². The quantitative estimate of drug-likeness (QED) is 0.176. The minimum absolute atomic E-state index is 1.11. The molecule has 47 heavy (non-hydrogen) atoms. The summed E-state index contributed by atoms with van der Waals surface area (Å²) < 4.78 is 0. The van der Waals surface area contributed by atoms with Crippen LogP contribution < -0.4 is 4.90 Å². The maximum atomic E-state index is 2.34. The van der Waals surface area contributed by atoms with Crippen LogP contribution in [0.1, 0.15) is 0 Å². The molecule has 8 aromatic carbocycles. The molecule has 0 radical (unpaired) electrons. The summed E-state index contributed by atoms with van der Waals surface area (Å²) in [6, 6.07) is 71.7. The molecular weight excluding hydrogens is 567 g/mol. The van der Waals surface area contributed by atoms with Gasteiger partial charge in [-0.15, -0.1) is 0 Å². The van der Waals surface area contributed by atoms with Crippen molar-refractivity contribution >= 4 is 27.8 Å². The van der Waals surface area contributed by atoms with Crippen LogP contribution in [0.3, 0.4) is 0 Å². The van der Waals surface area contributed by atoms with E-state index in [9.17, 15) is 0 Å². The molecule has 0 spiro atoms. The van der Waals surface area contributed by atoms with Crippen molar-refractivity contribution < 1.29 is 0 Å². The second kappa shape index (κ2) is 12.7. The Hall–Kier alpha value is -6.18. The van der Waals surface area contributed by atoms with Crippen molar-refractivity contribution in [2.24, 2.45) is 0 Å². The maximum absolute atomic E-state index is 2.34. The SMILES string of the molecule is c1ccc(-c2ccc(N(c3ccc(-c4ccccc4)cc3)c3ccc(-c4ccc5ccccc5c4-c4ccccc4)cc3)cc2)cc1. The van der Waals surface area contributed by atoms with E-state index in [1.165, 1.54) is 55.3 Å². The zero-order valence-corrected chi connectivity index (χ0v) is 26.0. The van der Waals surface area contributed by atoms with E-state index in [1.807, 2.05) is 0 Å². The average molecular weight is 600 g/mol. The molecule has 8 rings (SSSR count). The number of fused-ring (bicyclic) bond motifs is 1. The van der Waals surface area contributed by atoms with E-state index in [0.29, 0.717) is 0 Å². The second-order valence-corrected chi connectivity index (χ2v) is 11.8. The van der Waals surface area contributed by atoms with E-state index < -0.39 is 0 Å². The molecule has 0 aliphatic carbocycles. The fourth-order valence-corrected chi connectivity index (χ4v) is 6.53. The normalized spacial score (nSPS) is 11.0. The van der Waals surface area contributed by atoms with Crippen molar-refractivity contribution in [3.8, 4) is 44.5 Å². The third-order valence-electron chi connectivity index (χ3n) is 8.89. The number of nitrogens with zero attached hydrogens (tertiary/aromatic N) is 1. The molecule has 0 atom stereocenters. The van der Waals surface area contributed by atoms with Crippen molar-refractivity contribution in [3.05, 3.63) is 200 Å². The predicted octanol–water partition coefficient (Wildman–Crippen LogP) is 13.0. The monoisotopic (exact) mass is 599 g/mol. The van der Waals surface area contributed by atoms with Gasteiger partial charge >= 0.3 is 0 Å². The first-order valence-corrected chi connectivity index (χ1v) is 16.1. The van der Waals surface area contributed by atoms with Gasteiger partial charge in [0.15, 0.2) is 0 Å². The van der Waals surface area contributed by atoms with Gasteiger partial charge in [0.1, 0.15) is 0 Å². The van der Waals surface area contributed by atoms with Crippen molar-refractivity contribution in [1.29, 1.82) is 0 Å². The Bertz CT molecular complexity index is 2150. The van der Waals surface area contributed by atoms with Gasteiger partial charge in [0.2, 0.25) is 0 Å². The van der Waals surface area contributed by atoms with E-state index >= 15 is 0 Å². The van der Waals surface area contributed by atoms with Crippen LogP contribution in [0.4, 0.5) is 17.1 Å². The summed E-state index contributed by atoms with van der Waals surface area (Å²) in [6.45, 7) is 0. The van der Waals surface area contributed by atoms with Gasteiger partial charge < -0.3 is 4.90 Å². The van der Waals surface area contributed by atoms with Gasteiger partial charge in [0.05, 0.1) is 0 Å². The third kappa shape index (κ3) is 5.72. The summed E-state index contributed by atoms with van der Waals surface area (Å²) in [6.07, 6.45) is 0. The van der Waals surface area contributed by atoms with Crippen LogP contribution in [0.5, 0.6) is 0 Å². The molecule has 0 unspecified atom stereocenters. The molecule has 0 saturated heterocycles. The molecule has 0 amide bonds. The van der Waals surface area contributed by atoms with Crippen LogP contribution in [0.15, 0.2) is 200 Å². The second-order valence-electron chi connectivity index (χ2n) is 11.8. The van der Waals surface area contributed by atoms with Gasteiger partial charge in [-0.05, 0) is 91.7 Å². The maximum Gasteiger partial charge on any atom is 0.0462 e. The van der Waals surface area contributed by atoms with Gasteiger partial charge in [-0.1, -0.05) is 164 Å². The average Bonchev–Trinajstić information content (AvgIpc) is 3.16. The summed E-state index contributed by atoms with van der Waals surface area (Å²) in [5.74, 6) is 0. The summed E-state index contributed by atoms with van der Waals surface area (Å²) in [7, 11) is 0. The lowest BCUT2D eigenvalue weighted by Gasteiger charge is -2.26. The molecule has 0 fully saturated rings. The van der Waals surface area contributed by atoms with Crippen LogP contribution in [-0.2, 0) is 0 Å². The van der Waals surface area contributed by atoms with Crippen LogP contribution >= 0.6 is 0 Å². The van der Waals surface area contributed by atoms with Gasteiger partial charge in [-0.2, -0.15) is 0 Å². The highest BCUT2D eigenvalue weighted by Crippen LogP contribution is 2.41. The summed E-state index contributed by atoms with van der Waals surface area (Å²) >= 11 is 0. The largest absolute Gasteiger partial charge is 0.311 e. The smallest absolute Gasteiger partial charge is 0.0462 e. The highest BCUT2D eigenvalue weighted by atomic mass is 15.1. The molecule has 1 heteroatoms. The highest BCUT2D eigenvalue weighted by Gasteiger charge is 2.16. The lowest BCUT2D eigenvalue weighted by Crippen LogP contribution is -2.09. The summed E-state index contributed by atoms with van der Waals surface area (Å²) in [4.78, 5) is 2.34. The minimum atomic E-state index is 1.11. The number of hydrogen-bond donors (Lipinski definition) is 0. The fraction of sp³-hybridized carbons (Fsp3) is 0. The molecule has 0 aromatic heterocycles. The Balaban J connectivity index is 1.21. The van der Waals surface area contributed by atoms with E-state index in [1.54, 1.807) is 0 Å². The first-order chi connectivity index (χ1) is 23.3. The Morgan fingerprint density at radius 2 is 0.638 bits per heavy atom. The molecule has 0 aliphatic heterocycles. The van der Waals surface area contributed by atoms with E-state index in [4.69, 9.17) is 0 Å². The van der Waals surface area contributed by atoms with E-state index in [-0.39, 0.29) is 0 Å². The predicted molar refractivity (Wildman–Crippen MR) is 200 cm³/mol. The van der Waals surface area contributed by atoms with Crippen molar-refractivity contribution in [2.75, 3.05) is 4.90 Å². The lowest BCUT2D eigenvalue weighted by atomic mass is 9.90. The molecular formula is C46H33N. The van der Waals surface area contributed by atoms with Gasteiger partial charge in [-0.25, -0.2) is 0 Å². The fourth-order valence-electron chi connectivity index (χ4n) is 6.53. The van der Waals surface area contributed by atoms with E-state index in [2.05, 4.69) is 205 Å². The van der Waals surface area contributed by atoms with Crippen LogP contribution in [0, 0.1) is 0 Å². The minimum Gasteiger partial charge on any atom is -0.311 e. The Morgan fingerprint density at radius 1 is 0.255 bits per heavy atom. The van der Waals surface area contributed by atoms with Gasteiger partial charge in [-0.3, -0.25) is 0 Å². The molecule has 0 bridgehead atoms. The topological polar surface area (TPSA) is 3.24 Å².